The highest BCUT2D eigenvalue weighted by Crippen LogP contribution is 2.15. The second-order valence-corrected chi connectivity index (χ2v) is 8.36. The average molecular weight is 323 g/mol. The lowest BCUT2D eigenvalue weighted by Crippen LogP contribution is -2.34. The van der Waals surface area contributed by atoms with Gasteiger partial charge in [0.25, 0.3) is 0 Å². The summed E-state index contributed by atoms with van der Waals surface area (Å²) in [5.41, 5.74) is 3.01. The third kappa shape index (κ3) is 5.20. The van der Waals surface area contributed by atoms with Gasteiger partial charge in [0.1, 0.15) is 0 Å². The minimum absolute atomic E-state index is 1.13. The molecular weight excluding hydrogens is 296 g/mol. The predicted octanol–water partition coefficient (Wildman–Crippen LogP) is 2.83. The normalized spacial score (nSPS) is 21.5. The molecule has 0 N–H and O–H groups in total. The Morgan fingerprint density at radius 2 is 1.43 bits per heavy atom. The summed E-state index contributed by atoms with van der Waals surface area (Å²) in [6.07, 6.45) is 1.20. The Kier molecular flexibility index (Phi) is 6.34. The molecule has 2 nitrogen and oxygen atoms in total. The van der Waals surface area contributed by atoms with Crippen molar-refractivity contribution in [3.05, 3.63) is 35.4 Å². The van der Waals surface area contributed by atoms with Crippen molar-refractivity contribution in [2.75, 3.05) is 55.7 Å². The van der Waals surface area contributed by atoms with E-state index in [4.69, 9.17) is 0 Å². The molecule has 1 aromatic carbocycles. The number of thioether (sulfide) groups is 2. The largest absolute Gasteiger partial charge is 0.301 e. The van der Waals surface area contributed by atoms with Crippen molar-refractivity contribution in [2.45, 2.75) is 13.0 Å². The van der Waals surface area contributed by atoms with Crippen LogP contribution in [0.25, 0.3) is 0 Å². The number of nitrogens with zero attached hydrogens (tertiary/aromatic N) is 2. The minimum Gasteiger partial charge on any atom is -0.301 e. The van der Waals surface area contributed by atoms with Crippen LogP contribution in [0.4, 0.5) is 0 Å². The molecule has 116 valence electrons. The Morgan fingerprint density at radius 3 is 2.14 bits per heavy atom. The average Bonchev–Trinajstić information content (AvgIpc) is 2.55. The molecule has 21 heavy (non-hydrogen) atoms. The summed E-state index contributed by atoms with van der Waals surface area (Å²) in [6, 6.07) is 9.27. The fourth-order valence-electron chi connectivity index (χ4n) is 3.01. The third-order valence-electron chi connectivity index (χ3n) is 4.32. The van der Waals surface area contributed by atoms with E-state index in [1.54, 1.807) is 0 Å². The van der Waals surface area contributed by atoms with Gasteiger partial charge in [-0.3, -0.25) is 4.90 Å². The van der Waals surface area contributed by atoms with Gasteiger partial charge in [-0.1, -0.05) is 24.3 Å². The van der Waals surface area contributed by atoms with Crippen molar-refractivity contribution in [3.63, 3.8) is 0 Å². The fourth-order valence-corrected chi connectivity index (χ4v) is 4.97. The zero-order chi connectivity index (χ0) is 14.3. The van der Waals surface area contributed by atoms with Crippen LogP contribution in [0.3, 0.4) is 0 Å². The molecule has 0 saturated carbocycles. The molecular formula is C17H26N2S2. The first-order valence-corrected chi connectivity index (χ1v) is 10.4. The first kappa shape index (κ1) is 15.7. The Hall–Kier alpha value is -0.160. The second kappa shape index (κ2) is 8.47. The summed E-state index contributed by atoms with van der Waals surface area (Å²) in [6.45, 7) is 7.41. The Balaban J connectivity index is 1.50. The maximum Gasteiger partial charge on any atom is 0.0234 e. The lowest BCUT2D eigenvalue weighted by Gasteiger charge is -2.27. The van der Waals surface area contributed by atoms with Gasteiger partial charge in [-0.05, 0) is 17.5 Å². The highest BCUT2D eigenvalue weighted by Gasteiger charge is 2.12. The van der Waals surface area contributed by atoms with E-state index in [9.17, 15) is 0 Å². The zero-order valence-electron chi connectivity index (χ0n) is 12.8. The standard InChI is InChI=1S/C17H26N2S2/c1-2-16(4-5-18-6-10-20-11-7-18)14-17(3-1)15-19-8-12-21-13-9-19/h1-3,14H,4-13,15H2. The molecule has 0 aromatic heterocycles. The quantitative estimate of drug-likeness (QED) is 0.822. The Bertz CT molecular complexity index is 427. The smallest absolute Gasteiger partial charge is 0.0234 e. The van der Waals surface area contributed by atoms with E-state index < -0.39 is 0 Å². The molecule has 1 aromatic rings. The molecule has 2 saturated heterocycles. The lowest BCUT2D eigenvalue weighted by atomic mass is 10.1. The van der Waals surface area contributed by atoms with Crippen molar-refractivity contribution in [1.29, 1.82) is 0 Å². The van der Waals surface area contributed by atoms with Gasteiger partial charge in [-0.25, -0.2) is 0 Å². The van der Waals surface area contributed by atoms with Gasteiger partial charge in [0.05, 0.1) is 0 Å². The van der Waals surface area contributed by atoms with Crippen molar-refractivity contribution in [1.82, 2.24) is 9.80 Å². The zero-order valence-corrected chi connectivity index (χ0v) is 14.4. The number of hydrogen-bond donors (Lipinski definition) is 0. The molecule has 2 aliphatic rings. The van der Waals surface area contributed by atoms with Gasteiger partial charge in [0.2, 0.25) is 0 Å². The summed E-state index contributed by atoms with van der Waals surface area (Å²) in [5, 5.41) is 0. The van der Waals surface area contributed by atoms with Crippen LogP contribution in [0.1, 0.15) is 11.1 Å². The summed E-state index contributed by atoms with van der Waals surface area (Å²) >= 11 is 4.18. The molecule has 4 heteroatoms. The Labute approximate surface area is 137 Å². The van der Waals surface area contributed by atoms with Crippen molar-refractivity contribution in [2.24, 2.45) is 0 Å². The fraction of sp³-hybridized carbons (Fsp3) is 0.647. The van der Waals surface area contributed by atoms with E-state index in [1.807, 2.05) is 0 Å². The van der Waals surface area contributed by atoms with E-state index in [0.29, 0.717) is 0 Å². The first-order chi connectivity index (χ1) is 10.4. The number of rotatable bonds is 5. The molecule has 2 aliphatic heterocycles. The monoisotopic (exact) mass is 322 g/mol. The van der Waals surface area contributed by atoms with Crippen LogP contribution in [0.2, 0.25) is 0 Å². The molecule has 3 rings (SSSR count). The molecule has 0 spiro atoms. The summed E-state index contributed by atoms with van der Waals surface area (Å²) < 4.78 is 0. The number of benzene rings is 1. The minimum atomic E-state index is 1.13. The van der Waals surface area contributed by atoms with Crippen LogP contribution in [-0.2, 0) is 13.0 Å². The van der Waals surface area contributed by atoms with Gasteiger partial charge < -0.3 is 4.90 Å². The van der Waals surface area contributed by atoms with E-state index in [1.165, 1.54) is 73.3 Å². The predicted molar refractivity (Wildman–Crippen MR) is 96.5 cm³/mol. The molecule has 2 heterocycles. The van der Waals surface area contributed by atoms with Gasteiger partial charge in [-0.15, -0.1) is 0 Å². The maximum atomic E-state index is 2.62. The molecule has 0 aliphatic carbocycles. The number of hydrogen-bond acceptors (Lipinski definition) is 4. The molecule has 0 atom stereocenters. The van der Waals surface area contributed by atoms with E-state index >= 15 is 0 Å². The second-order valence-electron chi connectivity index (χ2n) is 5.91. The van der Waals surface area contributed by atoms with Gasteiger partial charge >= 0.3 is 0 Å². The van der Waals surface area contributed by atoms with Crippen LogP contribution in [-0.4, -0.2) is 65.5 Å². The SMILES string of the molecule is c1cc(CCN2CCSCC2)cc(CN2CCSCC2)c1. The van der Waals surface area contributed by atoms with Crippen molar-refractivity contribution in [3.8, 4) is 0 Å². The first-order valence-electron chi connectivity index (χ1n) is 8.08. The highest BCUT2D eigenvalue weighted by atomic mass is 32.2. The van der Waals surface area contributed by atoms with Crippen LogP contribution in [0, 0.1) is 0 Å². The van der Waals surface area contributed by atoms with E-state index in [2.05, 4.69) is 57.6 Å². The van der Waals surface area contributed by atoms with Crippen LogP contribution >= 0.6 is 23.5 Å². The van der Waals surface area contributed by atoms with Crippen LogP contribution in [0.15, 0.2) is 24.3 Å². The highest BCUT2D eigenvalue weighted by molar-refractivity contribution is 7.99. The van der Waals surface area contributed by atoms with Gasteiger partial charge in [-0.2, -0.15) is 23.5 Å². The van der Waals surface area contributed by atoms with Crippen molar-refractivity contribution < 1.29 is 0 Å². The van der Waals surface area contributed by atoms with E-state index in [-0.39, 0.29) is 0 Å². The molecule has 0 unspecified atom stereocenters. The maximum absolute atomic E-state index is 2.62. The summed E-state index contributed by atoms with van der Waals surface area (Å²) in [7, 11) is 0. The van der Waals surface area contributed by atoms with Gasteiger partial charge in [0.15, 0.2) is 0 Å². The Morgan fingerprint density at radius 1 is 0.810 bits per heavy atom. The topological polar surface area (TPSA) is 6.48 Å². The van der Waals surface area contributed by atoms with Gasteiger partial charge in [0, 0.05) is 62.3 Å². The van der Waals surface area contributed by atoms with Crippen molar-refractivity contribution >= 4 is 23.5 Å². The molecule has 0 bridgehead atoms. The van der Waals surface area contributed by atoms with Crippen LogP contribution < -0.4 is 0 Å². The molecule has 0 radical (unpaired) electrons. The van der Waals surface area contributed by atoms with Crippen LogP contribution in [0.5, 0.6) is 0 Å². The lowest BCUT2D eigenvalue weighted by molar-refractivity contribution is 0.294. The third-order valence-corrected chi connectivity index (χ3v) is 6.21. The summed E-state index contributed by atoms with van der Waals surface area (Å²) in [5.74, 6) is 5.22. The van der Waals surface area contributed by atoms with E-state index in [0.717, 1.165) is 6.54 Å². The summed E-state index contributed by atoms with van der Waals surface area (Å²) in [4.78, 5) is 5.21. The molecule has 0 amide bonds. The molecule has 2 fully saturated rings.